The van der Waals surface area contributed by atoms with Crippen molar-refractivity contribution in [1.82, 2.24) is 0 Å². The predicted molar refractivity (Wildman–Crippen MR) is 37.3 cm³/mol. The van der Waals surface area contributed by atoms with Gasteiger partial charge in [0.2, 0.25) is 0 Å². The Morgan fingerprint density at radius 2 is 2.00 bits per heavy atom. The first kappa shape index (κ1) is 10.6. The summed E-state index contributed by atoms with van der Waals surface area (Å²) in [6.07, 6.45) is 0. The quantitative estimate of drug-likeness (QED) is 0.328. The Bertz CT molecular complexity index is 242. The van der Waals surface area contributed by atoms with E-state index < -0.39 is 0 Å². The van der Waals surface area contributed by atoms with Crippen molar-refractivity contribution < 1.29 is 34.8 Å². The molecule has 0 bridgehead atoms. The number of rotatable bonds is 2. The van der Waals surface area contributed by atoms with Gasteiger partial charge < -0.3 is 0 Å². The molecule has 0 aliphatic heterocycles. The Hall–Kier alpha value is -0.420. The van der Waals surface area contributed by atoms with Crippen molar-refractivity contribution in [3.8, 4) is 0 Å². The molecule has 0 amide bonds. The van der Waals surface area contributed by atoms with Crippen LogP contribution in [0, 0.1) is 4.91 Å². The number of para-hydroxylation sites is 1. The summed E-state index contributed by atoms with van der Waals surface area (Å²) < 4.78 is 0. The molecule has 0 atom stereocenters. The molecule has 0 saturated carbocycles. The molecule has 0 aliphatic rings. The molecule has 0 saturated heterocycles. The summed E-state index contributed by atoms with van der Waals surface area (Å²) in [6, 6.07) is 6.41. The third-order valence-corrected chi connectivity index (χ3v) is 1.12. The van der Waals surface area contributed by atoms with Crippen LogP contribution in [0.5, 0.6) is 0 Å². The average molecular weight is 161 g/mol. The van der Waals surface area contributed by atoms with Gasteiger partial charge in [-0.05, 0) is 17.3 Å². The molecule has 1 rings (SSSR count). The minimum Gasteiger partial charge on any atom is -0.291 e. The van der Waals surface area contributed by atoms with Crippen LogP contribution in [-0.2, 0) is 0 Å². The van der Waals surface area contributed by atoms with Crippen molar-refractivity contribution in [2.24, 2.45) is 5.18 Å². The molecule has 5 heteroatoms. The van der Waals surface area contributed by atoms with Crippen molar-refractivity contribution in [3.63, 3.8) is 0 Å². The molecular formula is C6H6N2NaO2+. The summed E-state index contributed by atoms with van der Waals surface area (Å²) in [5.74, 6) is 0. The van der Waals surface area contributed by atoms with Crippen molar-refractivity contribution in [2.75, 3.05) is 5.48 Å². The monoisotopic (exact) mass is 161 g/mol. The van der Waals surface area contributed by atoms with E-state index in [0.717, 1.165) is 0 Å². The maximum absolute atomic E-state index is 9.99. The minimum absolute atomic E-state index is 0. The third-order valence-electron chi connectivity index (χ3n) is 1.12. The summed E-state index contributed by atoms with van der Waals surface area (Å²) >= 11 is 0. The molecule has 4 nitrogen and oxygen atoms in total. The number of hydrogen-bond donors (Lipinski definition) is 2. The van der Waals surface area contributed by atoms with E-state index in [9.17, 15) is 4.91 Å². The molecule has 0 unspecified atom stereocenters. The fraction of sp³-hybridized carbons (Fsp3) is 0. The summed E-state index contributed by atoms with van der Waals surface area (Å²) in [5.41, 5.74) is 2.37. The first-order valence-corrected chi connectivity index (χ1v) is 2.71. The molecule has 1 aromatic carbocycles. The molecule has 0 spiro atoms. The van der Waals surface area contributed by atoms with Crippen molar-refractivity contribution >= 4 is 11.4 Å². The number of nitrogens with zero attached hydrogens (tertiary/aromatic N) is 1. The number of nitroso groups, excluding NO2 is 1. The minimum atomic E-state index is 0. The van der Waals surface area contributed by atoms with Crippen LogP contribution in [-0.4, -0.2) is 5.21 Å². The number of anilines is 1. The smallest absolute Gasteiger partial charge is 0.291 e. The molecule has 0 aromatic heterocycles. The fourth-order valence-electron chi connectivity index (χ4n) is 0.648. The van der Waals surface area contributed by atoms with Crippen LogP contribution in [0.25, 0.3) is 0 Å². The maximum Gasteiger partial charge on any atom is 1.00 e. The van der Waals surface area contributed by atoms with E-state index in [4.69, 9.17) is 5.21 Å². The van der Waals surface area contributed by atoms with E-state index in [-0.39, 0.29) is 35.2 Å². The summed E-state index contributed by atoms with van der Waals surface area (Å²) in [4.78, 5) is 9.99. The SMILES string of the molecule is O=Nc1ccccc1NO.[Na+]. The summed E-state index contributed by atoms with van der Waals surface area (Å²) in [7, 11) is 0. The zero-order valence-electron chi connectivity index (χ0n) is 6.11. The van der Waals surface area contributed by atoms with Gasteiger partial charge in [0.05, 0.1) is 5.69 Å². The van der Waals surface area contributed by atoms with Crippen LogP contribution < -0.4 is 35.0 Å². The summed E-state index contributed by atoms with van der Waals surface area (Å²) in [5, 5.41) is 11.1. The Labute approximate surface area is 85.8 Å². The van der Waals surface area contributed by atoms with Crippen LogP contribution in [0.1, 0.15) is 0 Å². The van der Waals surface area contributed by atoms with Gasteiger partial charge in [0.1, 0.15) is 5.69 Å². The molecular weight excluding hydrogens is 155 g/mol. The number of nitrogens with one attached hydrogen (secondary N) is 1. The van der Waals surface area contributed by atoms with Gasteiger partial charge in [-0.2, -0.15) is 0 Å². The molecule has 11 heavy (non-hydrogen) atoms. The second-order valence-electron chi connectivity index (χ2n) is 1.72. The van der Waals surface area contributed by atoms with E-state index in [1.54, 1.807) is 18.2 Å². The van der Waals surface area contributed by atoms with E-state index >= 15 is 0 Å². The van der Waals surface area contributed by atoms with Crippen molar-refractivity contribution in [2.45, 2.75) is 0 Å². The van der Waals surface area contributed by atoms with Crippen LogP contribution >= 0.6 is 0 Å². The molecule has 0 fully saturated rings. The maximum atomic E-state index is 9.99. The first-order valence-electron chi connectivity index (χ1n) is 2.71. The van der Waals surface area contributed by atoms with E-state index in [1.165, 1.54) is 6.07 Å². The van der Waals surface area contributed by atoms with Gasteiger partial charge in [-0.3, -0.25) is 10.7 Å². The molecule has 0 radical (unpaired) electrons. The molecule has 0 aliphatic carbocycles. The predicted octanol–water partition coefficient (Wildman–Crippen LogP) is -1.11. The largest absolute Gasteiger partial charge is 1.00 e. The van der Waals surface area contributed by atoms with Crippen molar-refractivity contribution in [1.29, 1.82) is 0 Å². The second-order valence-corrected chi connectivity index (χ2v) is 1.72. The van der Waals surface area contributed by atoms with Crippen LogP contribution in [0.2, 0.25) is 0 Å². The molecule has 1 aromatic rings. The first-order chi connectivity index (χ1) is 4.88. The Balaban J connectivity index is 0.000001000. The van der Waals surface area contributed by atoms with Crippen LogP contribution in [0.3, 0.4) is 0 Å². The zero-order chi connectivity index (χ0) is 7.40. The van der Waals surface area contributed by atoms with Gasteiger partial charge in [-0.25, -0.2) is 0 Å². The van der Waals surface area contributed by atoms with Crippen LogP contribution in [0.4, 0.5) is 11.4 Å². The van der Waals surface area contributed by atoms with E-state index in [1.807, 2.05) is 5.48 Å². The zero-order valence-corrected chi connectivity index (χ0v) is 8.11. The van der Waals surface area contributed by atoms with E-state index in [2.05, 4.69) is 5.18 Å². The third kappa shape index (κ3) is 2.59. The summed E-state index contributed by atoms with van der Waals surface area (Å²) in [6.45, 7) is 0. The van der Waals surface area contributed by atoms with Crippen LogP contribution in [0.15, 0.2) is 29.4 Å². The van der Waals surface area contributed by atoms with Gasteiger partial charge in [0.25, 0.3) is 0 Å². The molecule has 0 heterocycles. The Kier molecular flexibility index (Phi) is 5.06. The van der Waals surface area contributed by atoms with Gasteiger partial charge in [-0.1, -0.05) is 12.1 Å². The topological polar surface area (TPSA) is 61.7 Å². The van der Waals surface area contributed by atoms with Gasteiger partial charge in [-0.15, -0.1) is 4.91 Å². The second kappa shape index (κ2) is 5.26. The fourth-order valence-corrected chi connectivity index (χ4v) is 0.648. The molecule has 2 N–H and O–H groups in total. The molecule has 52 valence electrons. The van der Waals surface area contributed by atoms with E-state index in [0.29, 0.717) is 5.69 Å². The normalized spacial score (nSPS) is 8.09. The Morgan fingerprint density at radius 1 is 1.36 bits per heavy atom. The van der Waals surface area contributed by atoms with Gasteiger partial charge >= 0.3 is 29.6 Å². The number of hydrogen-bond acceptors (Lipinski definition) is 4. The standard InChI is InChI=1S/C6H6N2O2.Na/c9-7-5-3-1-2-4-6(5)8-10;/h1-4,7,9H;/q;+1. The average Bonchev–Trinajstić information content (AvgIpc) is 2.04. The van der Waals surface area contributed by atoms with Crippen molar-refractivity contribution in [3.05, 3.63) is 29.2 Å². The Morgan fingerprint density at radius 3 is 2.45 bits per heavy atom. The number of benzene rings is 1. The van der Waals surface area contributed by atoms with Gasteiger partial charge in [0, 0.05) is 0 Å². The van der Waals surface area contributed by atoms with Gasteiger partial charge in [0.15, 0.2) is 0 Å².